The highest BCUT2D eigenvalue weighted by molar-refractivity contribution is 5.15. The first-order valence-corrected chi connectivity index (χ1v) is 7.44. The molecule has 2 heteroatoms. The van der Waals surface area contributed by atoms with Crippen LogP contribution in [-0.2, 0) is 6.54 Å². The summed E-state index contributed by atoms with van der Waals surface area (Å²) >= 11 is 0. The smallest absolute Gasteiger partial charge is 0.0314 e. The lowest BCUT2D eigenvalue weighted by Crippen LogP contribution is -2.56. The molecule has 19 heavy (non-hydrogen) atoms. The van der Waals surface area contributed by atoms with Crippen LogP contribution in [0.3, 0.4) is 0 Å². The highest BCUT2D eigenvalue weighted by Gasteiger charge is 2.41. The van der Waals surface area contributed by atoms with Crippen LogP contribution in [0.2, 0.25) is 0 Å². The lowest BCUT2D eigenvalue weighted by molar-refractivity contribution is 0.0850. The molecular formula is C17H28N2. The van der Waals surface area contributed by atoms with Crippen LogP contribution in [0.5, 0.6) is 0 Å². The second-order valence-electron chi connectivity index (χ2n) is 7.18. The minimum Gasteiger partial charge on any atom is -0.329 e. The van der Waals surface area contributed by atoms with Crippen LogP contribution < -0.4 is 11.1 Å². The van der Waals surface area contributed by atoms with Crippen molar-refractivity contribution in [2.24, 2.45) is 17.1 Å². The van der Waals surface area contributed by atoms with Crippen LogP contribution in [0, 0.1) is 11.3 Å². The Balaban J connectivity index is 2.05. The maximum atomic E-state index is 6.12. The lowest BCUT2D eigenvalue weighted by atomic mass is 9.64. The molecule has 0 aliphatic heterocycles. The Hall–Kier alpha value is -0.860. The van der Waals surface area contributed by atoms with E-state index < -0.39 is 0 Å². The van der Waals surface area contributed by atoms with Gasteiger partial charge in [0.1, 0.15) is 0 Å². The van der Waals surface area contributed by atoms with E-state index in [1.807, 2.05) is 0 Å². The Morgan fingerprint density at radius 1 is 1.21 bits per heavy atom. The molecule has 1 aromatic carbocycles. The van der Waals surface area contributed by atoms with Crippen molar-refractivity contribution in [2.75, 3.05) is 6.54 Å². The van der Waals surface area contributed by atoms with Crippen molar-refractivity contribution in [1.82, 2.24) is 5.32 Å². The van der Waals surface area contributed by atoms with Gasteiger partial charge in [-0.3, -0.25) is 0 Å². The fourth-order valence-electron chi connectivity index (χ4n) is 3.99. The molecule has 2 nitrogen and oxygen atoms in total. The van der Waals surface area contributed by atoms with E-state index in [-0.39, 0.29) is 5.54 Å². The third kappa shape index (κ3) is 3.80. The van der Waals surface area contributed by atoms with Gasteiger partial charge in [-0.2, -0.15) is 0 Å². The normalized spacial score (nSPS) is 30.2. The van der Waals surface area contributed by atoms with Gasteiger partial charge in [-0.05, 0) is 36.2 Å². The zero-order valence-electron chi connectivity index (χ0n) is 12.6. The largest absolute Gasteiger partial charge is 0.329 e. The highest BCUT2D eigenvalue weighted by atomic mass is 15.0. The third-order valence-corrected chi connectivity index (χ3v) is 4.36. The van der Waals surface area contributed by atoms with E-state index in [9.17, 15) is 0 Å². The summed E-state index contributed by atoms with van der Waals surface area (Å²) < 4.78 is 0. The fourth-order valence-corrected chi connectivity index (χ4v) is 3.99. The predicted octanol–water partition coefficient (Wildman–Crippen LogP) is 3.32. The van der Waals surface area contributed by atoms with Crippen molar-refractivity contribution < 1.29 is 0 Å². The Morgan fingerprint density at radius 3 is 2.47 bits per heavy atom. The SMILES string of the molecule is CC1CC(C)(C)CC(CN)(NCc2ccccc2)C1. The lowest BCUT2D eigenvalue weighted by Gasteiger charge is -2.48. The average molecular weight is 260 g/mol. The molecule has 1 aromatic rings. The topological polar surface area (TPSA) is 38.0 Å². The molecule has 0 radical (unpaired) electrons. The number of hydrogen-bond acceptors (Lipinski definition) is 2. The molecule has 1 saturated carbocycles. The maximum absolute atomic E-state index is 6.12. The van der Waals surface area contributed by atoms with Crippen molar-refractivity contribution in [2.45, 2.75) is 52.1 Å². The average Bonchev–Trinajstić information content (AvgIpc) is 2.35. The van der Waals surface area contributed by atoms with Gasteiger partial charge in [-0.25, -0.2) is 0 Å². The van der Waals surface area contributed by atoms with Gasteiger partial charge in [0.2, 0.25) is 0 Å². The first kappa shape index (κ1) is 14.5. The molecule has 2 unspecified atom stereocenters. The van der Waals surface area contributed by atoms with Gasteiger partial charge >= 0.3 is 0 Å². The molecule has 0 aromatic heterocycles. The van der Waals surface area contributed by atoms with Crippen LogP contribution in [0.1, 0.15) is 45.6 Å². The Bertz CT molecular complexity index is 399. The Kier molecular flexibility index (Phi) is 4.32. The van der Waals surface area contributed by atoms with Gasteiger partial charge in [-0.1, -0.05) is 51.1 Å². The predicted molar refractivity (Wildman–Crippen MR) is 81.9 cm³/mol. The molecule has 2 atom stereocenters. The monoisotopic (exact) mass is 260 g/mol. The van der Waals surface area contributed by atoms with Crippen molar-refractivity contribution in [1.29, 1.82) is 0 Å². The van der Waals surface area contributed by atoms with E-state index in [4.69, 9.17) is 5.73 Å². The Labute approximate surface area is 117 Å². The van der Waals surface area contributed by atoms with Gasteiger partial charge in [0, 0.05) is 18.6 Å². The summed E-state index contributed by atoms with van der Waals surface area (Å²) in [6.45, 7) is 8.75. The molecule has 0 saturated heterocycles. The van der Waals surface area contributed by atoms with Crippen molar-refractivity contribution in [3.05, 3.63) is 35.9 Å². The molecule has 1 aliphatic carbocycles. The zero-order chi connectivity index (χ0) is 13.9. The number of nitrogens with one attached hydrogen (secondary N) is 1. The van der Waals surface area contributed by atoms with Crippen molar-refractivity contribution in [3.63, 3.8) is 0 Å². The molecule has 1 fully saturated rings. The van der Waals surface area contributed by atoms with Crippen LogP contribution in [-0.4, -0.2) is 12.1 Å². The molecule has 0 bridgehead atoms. The van der Waals surface area contributed by atoms with E-state index in [1.165, 1.54) is 24.8 Å². The minimum absolute atomic E-state index is 0.108. The summed E-state index contributed by atoms with van der Waals surface area (Å²) in [5.41, 5.74) is 7.96. The number of nitrogens with two attached hydrogens (primary N) is 1. The van der Waals surface area contributed by atoms with Gasteiger partial charge in [-0.15, -0.1) is 0 Å². The molecule has 0 spiro atoms. The van der Waals surface area contributed by atoms with E-state index >= 15 is 0 Å². The van der Waals surface area contributed by atoms with Crippen molar-refractivity contribution in [3.8, 4) is 0 Å². The maximum Gasteiger partial charge on any atom is 0.0314 e. The van der Waals surface area contributed by atoms with E-state index in [0.29, 0.717) is 5.41 Å². The van der Waals surface area contributed by atoms with E-state index in [1.54, 1.807) is 0 Å². The minimum atomic E-state index is 0.108. The second-order valence-corrected chi connectivity index (χ2v) is 7.18. The second kappa shape index (κ2) is 5.64. The molecule has 1 aliphatic rings. The summed E-state index contributed by atoms with van der Waals surface area (Å²) in [6, 6.07) is 10.6. The summed E-state index contributed by atoms with van der Waals surface area (Å²) in [6.07, 6.45) is 3.68. The van der Waals surface area contributed by atoms with Gasteiger partial charge in [0.25, 0.3) is 0 Å². The summed E-state index contributed by atoms with van der Waals surface area (Å²) in [4.78, 5) is 0. The number of benzene rings is 1. The van der Waals surface area contributed by atoms with Crippen molar-refractivity contribution >= 4 is 0 Å². The molecule has 106 valence electrons. The highest BCUT2D eigenvalue weighted by Crippen LogP contribution is 2.43. The first-order valence-electron chi connectivity index (χ1n) is 7.44. The molecule has 0 heterocycles. The quantitative estimate of drug-likeness (QED) is 0.871. The van der Waals surface area contributed by atoms with E-state index in [0.717, 1.165) is 19.0 Å². The van der Waals surface area contributed by atoms with Crippen LogP contribution >= 0.6 is 0 Å². The van der Waals surface area contributed by atoms with Crippen LogP contribution in [0.15, 0.2) is 30.3 Å². The van der Waals surface area contributed by atoms with E-state index in [2.05, 4.69) is 56.4 Å². The van der Waals surface area contributed by atoms with Crippen LogP contribution in [0.4, 0.5) is 0 Å². The molecular weight excluding hydrogens is 232 g/mol. The van der Waals surface area contributed by atoms with Gasteiger partial charge in [0.05, 0.1) is 0 Å². The first-order chi connectivity index (χ1) is 8.95. The summed E-state index contributed by atoms with van der Waals surface area (Å²) in [5.74, 6) is 0.746. The number of rotatable bonds is 4. The fraction of sp³-hybridized carbons (Fsp3) is 0.647. The molecule has 3 N–H and O–H groups in total. The zero-order valence-corrected chi connectivity index (χ0v) is 12.6. The number of hydrogen-bond donors (Lipinski definition) is 2. The third-order valence-electron chi connectivity index (χ3n) is 4.36. The Morgan fingerprint density at radius 2 is 1.89 bits per heavy atom. The molecule has 0 amide bonds. The van der Waals surface area contributed by atoms with Gasteiger partial charge in [0.15, 0.2) is 0 Å². The van der Waals surface area contributed by atoms with Crippen LogP contribution in [0.25, 0.3) is 0 Å². The molecule has 2 rings (SSSR count). The summed E-state index contributed by atoms with van der Waals surface area (Å²) in [5, 5.41) is 3.76. The van der Waals surface area contributed by atoms with Gasteiger partial charge < -0.3 is 11.1 Å². The summed E-state index contributed by atoms with van der Waals surface area (Å²) in [7, 11) is 0. The standard InChI is InChI=1S/C17H28N2/c1-14-9-16(2,3)12-17(10-14,13-18)19-11-15-7-5-4-6-8-15/h4-8,14,19H,9-13,18H2,1-3H3.